The Morgan fingerprint density at radius 1 is 1.03 bits per heavy atom. The number of ether oxygens (including phenoxy) is 1. The Hall–Kier alpha value is -3.45. The summed E-state index contributed by atoms with van der Waals surface area (Å²) in [6, 6.07) is 21.3. The highest BCUT2D eigenvalue weighted by atomic mass is 79.9. The van der Waals surface area contributed by atoms with E-state index in [1.54, 1.807) is 23.9 Å². The number of aryl methyl sites for hydroxylation is 1. The molecule has 0 saturated carbocycles. The van der Waals surface area contributed by atoms with Crippen LogP contribution in [0.2, 0.25) is 0 Å². The van der Waals surface area contributed by atoms with Crippen molar-refractivity contribution in [3.8, 4) is 5.75 Å². The first kappa shape index (κ1) is 21.8. The number of hydrazine groups is 1. The first-order valence-electron chi connectivity index (χ1n) is 10.2. The molecule has 0 aliphatic carbocycles. The number of nitrogens with zero attached hydrogens (tertiary/aromatic N) is 1. The quantitative estimate of drug-likeness (QED) is 0.532. The molecule has 3 aromatic carbocycles. The molecule has 1 aliphatic rings. The summed E-state index contributed by atoms with van der Waals surface area (Å²) in [4.78, 5) is 25.8. The minimum atomic E-state index is -0.774. The van der Waals surface area contributed by atoms with Crippen LogP contribution in [0, 0.1) is 6.92 Å². The standard InChI is InChI=1S/C25H22BrN3O3/c1-16-3-7-19(8-4-16)24(30)27-22-23(18-9-13-21(32-2)14-10-18)29(28-25(22)31)15-17-5-11-20(26)12-6-17/h3-15,22-23H,1-2H3,(H-,27,28,30,31)/p+1/b29-15-/t22-,23+/m0/s1. The number of carbonyl (C=O) groups is 2. The van der Waals surface area contributed by atoms with Gasteiger partial charge in [0, 0.05) is 21.2 Å². The minimum Gasteiger partial charge on any atom is -0.497 e. The van der Waals surface area contributed by atoms with Crippen molar-refractivity contribution in [1.82, 2.24) is 10.7 Å². The number of hydrogen-bond donors (Lipinski definition) is 2. The molecular formula is C25H23BrN3O3+. The monoisotopic (exact) mass is 492 g/mol. The summed E-state index contributed by atoms with van der Waals surface area (Å²) in [5.41, 5.74) is 6.24. The molecule has 4 rings (SSSR count). The van der Waals surface area contributed by atoms with Gasteiger partial charge in [-0.15, -0.1) is 10.1 Å². The van der Waals surface area contributed by atoms with E-state index in [9.17, 15) is 9.59 Å². The molecule has 7 heteroatoms. The molecule has 1 heterocycles. The molecule has 6 nitrogen and oxygen atoms in total. The molecule has 1 saturated heterocycles. The second-order valence-electron chi connectivity index (χ2n) is 7.60. The number of halogens is 1. The highest BCUT2D eigenvalue weighted by Crippen LogP contribution is 2.27. The minimum absolute atomic E-state index is 0.278. The predicted molar refractivity (Wildman–Crippen MR) is 126 cm³/mol. The number of rotatable bonds is 5. The summed E-state index contributed by atoms with van der Waals surface area (Å²) < 4.78 is 7.98. The van der Waals surface area contributed by atoms with Crippen LogP contribution in [0.1, 0.15) is 33.1 Å². The number of benzene rings is 3. The fourth-order valence-electron chi connectivity index (χ4n) is 3.62. The zero-order valence-electron chi connectivity index (χ0n) is 17.7. The van der Waals surface area contributed by atoms with Gasteiger partial charge in [-0.2, -0.15) is 0 Å². The third kappa shape index (κ3) is 4.73. The SMILES string of the molecule is COc1ccc([C@@H]2[C@H](NC(=O)c3ccc(C)cc3)C(=O)N/[N+]2=C\c2ccc(Br)cc2)cc1. The van der Waals surface area contributed by atoms with Crippen molar-refractivity contribution in [3.05, 3.63) is 99.5 Å². The number of nitrogens with one attached hydrogen (secondary N) is 2. The zero-order valence-corrected chi connectivity index (χ0v) is 19.3. The summed E-state index contributed by atoms with van der Waals surface area (Å²) in [5, 5.41) is 2.92. The molecule has 162 valence electrons. The van der Waals surface area contributed by atoms with Crippen molar-refractivity contribution >= 4 is 34.0 Å². The molecule has 32 heavy (non-hydrogen) atoms. The van der Waals surface area contributed by atoms with E-state index in [0.29, 0.717) is 5.56 Å². The largest absolute Gasteiger partial charge is 0.497 e. The van der Waals surface area contributed by atoms with Gasteiger partial charge in [0.15, 0.2) is 6.04 Å². The second-order valence-corrected chi connectivity index (χ2v) is 8.51. The predicted octanol–water partition coefficient (Wildman–Crippen LogP) is 3.78. The number of hydrogen-bond acceptors (Lipinski definition) is 3. The van der Waals surface area contributed by atoms with Crippen molar-refractivity contribution in [2.75, 3.05) is 7.11 Å². The van der Waals surface area contributed by atoms with Crippen LogP contribution in [0.5, 0.6) is 5.75 Å². The lowest BCUT2D eigenvalue weighted by Crippen LogP contribution is -2.42. The van der Waals surface area contributed by atoms with Crippen LogP contribution in [0.4, 0.5) is 0 Å². The summed E-state index contributed by atoms with van der Waals surface area (Å²) in [7, 11) is 1.61. The van der Waals surface area contributed by atoms with Gasteiger partial charge in [0.25, 0.3) is 5.91 Å². The zero-order chi connectivity index (χ0) is 22.7. The van der Waals surface area contributed by atoms with Gasteiger partial charge in [-0.3, -0.25) is 9.59 Å². The number of hydrazone groups is 1. The molecule has 0 spiro atoms. The third-order valence-corrected chi connectivity index (χ3v) is 5.88. The van der Waals surface area contributed by atoms with Crippen LogP contribution < -0.4 is 15.5 Å². The molecule has 2 amide bonds. The lowest BCUT2D eigenvalue weighted by molar-refractivity contribution is -0.596. The van der Waals surface area contributed by atoms with Gasteiger partial charge in [0.2, 0.25) is 12.3 Å². The Labute approximate surface area is 195 Å². The van der Waals surface area contributed by atoms with E-state index < -0.39 is 12.1 Å². The van der Waals surface area contributed by atoms with Gasteiger partial charge in [-0.05, 0) is 67.6 Å². The van der Waals surface area contributed by atoms with Gasteiger partial charge in [-0.25, -0.2) is 0 Å². The first-order valence-corrected chi connectivity index (χ1v) is 10.9. The molecule has 0 unspecified atom stereocenters. The fraction of sp³-hybridized carbons (Fsp3) is 0.160. The van der Waals surface area contributed by atoms with Crippen molar-refractivity contribution < 1.29 is 19.0 Å². The number of amides is 2. The summed E-state index contributed by atoms with van der Waals surface area (Å²) in [6.07, 6.45) is 1.86. The maximum absolute atomic E-state index is 12.9. The van der Waals surface area contributed by atoms with Crippen LogP contribution in [0.3, 0.4) is 0 Å². The van der Waals surface area contributed by atoms with E-state index in [0.717, 1.165) is 26.9 Å². The smallest absolute Gasteiger partial charge is 0.304 e. The Kier molecular flexibility index (Phi) is 6.37. The Morgan fingerprint density at radius 2 is 1.69 bits per heavy atom. The highest BCUT2D eigenvalue weighted by Gasteiger charge is 2.47. The topological polar surface area (TPSA) is 70.4 Å². The van der Waals surface area contributed by atoms with E-state index >= 15 is 0 Å². The van der Waals surface area contributed by atoms with Crippen LogP contribution in [-0.2, 0) is 4.79 Å². The van der Waals surface area contributed by atoms with Gasteiger partial charge >= 0.3 is 5.91 Å². The fourth-order valence-corrected chi connectivity index (χ4v) is 3.88. The molecule has 2 N–H and O–H groups in total. The normalized spacial score (nSPS) is 19.0. The molecule has 1 fully saturated rings. The first-order chi connectivity index (χ1) is 15.4. The van der Waals surface area contributed by atoms with Gasteiger partial charge in [0.1, 0.15) is 5.75 Å². The lowest BCUT2D eigenvalue weighted by atomic mass is 9.99. The van der Waals surface area contributed by atoms with Crippen molar-refractivity contribution in [2.24, 2.45) is 0 Å². The van der Waals surface area contributed by atoms with E-state index in [2.05, 4.69) is 26.7 Å². The lowest BCUT2D eigenvalue weighted by Gasteiger charge is -2.15. The number of carbonyl (C=O) groups excluding carboxylic acids is 2. The molecule has 1 aliphatic heterocycles. The number of methoxy groups -OCH3 is 1. The van der Waals surface area contributed by atoms with E-state index in [1.807, 2.05) is 73.8 Å². The Balaban J connectivity index is 1.69. The van der Waals surface area contributed by atoms with E-state index in [-0.39, 0.29) is 11.8 Å². The van der Waals surface area contributed by atoms with Crippen LogP contribution >= 0.6 is 15.9 Å². The van der Waals surface area contributed by atoms with Crippen molar-refractivity contribution in [3.63, 3.8) is 0 Å². The van der Waals surface area contributed by atoms with Gasteiger partial charge < -0.3 is 10.1 Å². The molecule has 0 bridgehead atoms. The third-order valence-electron chi connectivity index (χ3n) is 5.35. The van der Waals surface area contributed by atoms with E-state index in [4.69, 9.17) is 4.74 Å². The average molecular weight is 493 g/mol. The maximum Gasteiger partial charge on any atom is 0.304 e. The van der Waals surface area contributed by atoms with Crippen molar-refractivity contribution in [2.45, 2.75) is 19.0 Å². The average Bonchev–Trinajstić information content (AvgIpc) is 3.10. The Morgan fingerprint density at radius 3 is 2.31 bits per heavy atom. The molecule has 0 aromatic heterocycles. The van der Waals surface area contributed by atoms with Gasteiger partial charge in [0.05, 0.1) is 7.11 Å². The molecule has 3 aromatic rings. The van der Waals surface area contributed by atoms with Gasteiger partial charge in [-0.1, -0.05) is 33.6 Å². The summed E-state index contributed by atoms with van der Waals surface area (Å²) in [6.45, 7) is 1.96. The van der Waals surface area contributed by atoms with E-state index in [1.165, 1.54) is 0 Å². The molecular weight excluding hydrogens is 470 g/mol. The van der Waals surface area contributed by atoms with Crippen LogP contribution in [0.25, 0.3) is 0 Å². The maximum atomic E-state index is 12.9. The highest BCUT2D eigenvalue weighted by molar-refractivity contribution is 9.10. The molecule has 2 atom stereocenters. The van der Waals surface area contributed by atoms with Crippen LogP contribution in [-0.4, -0.2) is 35.9 Å². The summed E-state index contributed by atoms with van der Waals surface area (Å²) >= 11 is 3.44. The molecule has 0 radical (unpaired) electrons. The Bertz CT molecular complexity index is 1160. The van der Waals surface area contributed by atoms with Crippen molar-refractivity contribution in [1.29, 1.82) is 0 Å². The summed E-state index contributed by atoms with van der Waals surface area (Å²) in [5.74, 6) is 0.142. The van der Waals surface area contributed by atoms with Crippen LogP contribution in [0.15, 0.2) is 77.3 Å². The second kappa shape index (κ2) is 9.36.